The first-order valence-corrected chi connectivity index (χ1v) is 10.5. The molecule has 3 fully saturated rings. The predicted octanol–water partition coefficient (Wildman–Crippen LogP) is 1.90. The Morgan fingerprint density at radius 2 is 2.10 bits per heavy atom. The molecule has 1 saturated carbocycles. The number of hydrogen-bond donors (Lipinski definition) is 1. The highest BCUT2D eigenvalue weighted by molar-refractivity contribution is 5.72. The van der Waals surface area contributed by atoms with Crippen LogP contribution in [0.25, 0.3) is 5.52 Å². The van der Waals surface area contributed by atoms with Crippen LogP contribution in [-0.2, 0) is 23.7 Å². The SMILES string of the molecule is CC1(C)O[C@H]2[C@H](c3ccc4c(N)ncnn34)O[C@](C#N)(COC(=O)C3CCCC3)[C@H]2O1. The van der Waals surface area contributed by atoms with Gasteiger partial charge in [-0.15, -0.1) is 0 Å². The van der Waals surface area contributed by atoms with Gasteiger partial charge in [0.1, 0.15) is 42.8 Å². The molecule has 31 heavy (non-hydrogen) atoms. The first-order valence-electron chi connectivity index (χ1n) is 10.5. The molecule has 1 aliphatic carbocycles. The summed E-state index contributed by atoms with van der Waals surface area (Å²) in [6.45, 7) is 3.34. The van der Waals surface area contributed by atoms with Crippen molar-refractivity contribution in [3.05, 3.63) is 24.2 Å². The Kier molecular flexibility index (Phi) is 4.66. The molecule has 0 aromatic carbocycles. The molecule has 0 amide bonds. The van der Waals surface area contributed by atoms with Gasteiger partial charge in [-0.05, 0) is 38.8 Å². The van der Waals surface area contributed by atoms with E-state index in [1.807, 2.05) is 6.07 Å². The van der Waals surface area contributed by atoms with E-state index in [9.17, 15) is 10.1 Å². The van der Waals surface area contributed by atoms with E-state index in [0.717, 1.165) is 25.7 Å². The molecule has 2 N–H and O–H groups in total. The fraction of sp³-hybridized carbons (Fsp3) is 0.619. The maximum Gasteiger partial charge on any atom is 0.309 e. The van der Waals surface area contributed by atoms with Gasteiger partial charge in [0.05, 0.1) is 11.6 Å². The summed E-state index contributed by atoms with van der Waals surface area (Å²) in [5.41, 5.74) is 5.74. The Bertz CT molecular complexity index is 1060. The number of rotatable bonds is 4. The highest BCUT2D eigenvalue weighted by atomic mass is 16.8. The zero-order chi connectivity index (χ0) is 21.8. The van der Waals surface area contributed by atoms with Gasteiger partial charge in [0.15, 0.2) is 11.6 Å². The molecule has 10 heteroatoms. The van der Waals surface area contributed by atoms with Gasteiger partial charge < -0.3 is 24.7 Å². The number of nitrogens with two attached hydrogens (primary N) is 1. The molecule has 2 saturated heterocycles. The first-order chi connectivity index (χ1) is 14.8. The van der Waals surface area contributed by atoms with Crippen molar-refractivity contribution in [3.63, 3.8) is 0 Å². The van der Waals surface area contributed by atoms with Crippen LogP contribution in [0.5, 0.6) is 0 Å². The van der Waals surface area contributed by atoms with Crippen LogP contribution in [0.3, 0.4) is 0 Å². The summed E-state index contributed by atoms with van der Waals surface area (Å²) in [5.74, 6) is -0.995. The minimum Gasteiger partial charge on any atom is -0.461 e. The second kappa shape index (κ2) is 7.15. The first kappa shape index (κ1) is 20.2. The van der Waals surface area contributed by atoms with Gasteiger partial charge in [0, 0.05) is 0 Å². The molecular weight excluding hydrogens is 402 g/mol. The van der Waals surface area contributed by atoms with Crippen molar-refractivity contribution in [2.75, 3.05) is 12.3 Å². The molecule has 5 rings (SSSR count). The number of aromatic nitrogens is 3. The van der Waals surface area contributed by atoms with Crippen LogP contribution >= 0.6 is 0 Å². The lowest BCUT2D eigenvalue weighted by Crippen LogP contribution is -2.46. The third-order valence-corrected chi connectivity index (χ3v) is 6.33. The van der Waals surface area contributed by atoms with Gasteiger partial charge in [-0.1, -0.05) is 12.8 Å². The largest absolute Gasteiger partial charge is 0.461 e. The highest BCUT2D eigenvalue weighted by Gasteiger charge is 2.65. The fourth-order valence-electron chi connectivity index (χ4n) is 4.85. The number of hydrogen-bond acceptors (Lipinski definition) is 9. The molecule has 2 aromatic rings. The van der Waals surface area contributed by atoms with Crippen LogP contribution in [0.2, 0.25) is 0 Å². The van der Waals surface area contributed by atoms with Gasteiger partial charge >= 0.3 is 5.97 Å². The summed E-state index contributed by atoms with van der Waals surface area (Å²) >= 11 is 0. The van der Waals surface area contributed by atoms with Crippen molar-refractivity contribution in [2.45, 2.75) is 69.2 Å². The third kappa shape index (κ3) is 3.24. The lowest BCUT2D eigenvalue weighted by molar-refractivity contribution is -0.208. The normalized spacial score (nSPS) is 32.2. The standard InChI is InChI=1S/C21H25N5O5/c1-20(2)29-16-15(13-7-8-14-18(23)24-11-25-26(13)14)30-21(9-22,17(16)31-20)10-28-19(27)12-5-3-4-6-12/h7-8,11-12,15-17H,3-6,10H2,1-2H3,(H2,23,24,25)/t15-,16-,17-,21+/m0/s1. The molecule has 10 nitrogen and oxygen atoms in total. The Hall–Kier alpha value is -2.74. The maximum absolute atomic E-state index is 12.5. The number of fused-ring (bicyclic) bond motifs is 2. The summed E-state index contributed by atoms with van der Waals surface area (Å²) < 4.78 is 25.7. The number of nitrogen functional groups attached to an aromatic ring is 1. The van der Waals surface area contributed by atoms with Gasteiger partial charge in [0.25, 0.3) is 0 Å². The molecule has 2 aromatic heterocycles. The van der Waals surface area contributed by atoms with Crippen LogP contribution in [-0.4, -0.2) is 50.8 Å². The number of ether oxygens (including phenoxy) is 4. The van der Waals surface area contributed by atoms with E-state index in [4.69, 9.17) is 24.7 Å². The highest BCUT2D eigenvalue weighted by Crippen LogP contribution is 2.50. The minimum atomic E-state index is -1.50. The van der Waals surface area contributed by atoms with E-state index in [-0.39, 0.29) is 18.5 Å². The number of carbonyl (C=O) groups excluding carboxylic acids is 1. The monoisotopic (exact) mass is 427 g/mol. The van der Waals surface area contributed by atoms with Crippen LogP contribution < -0.4 is 5.73 Å². The predicted molar refractivity (Wildman–Crippen MR) is 106 cm³/mol. The molecule has 0 radical (unpaired) electrons. The van der Waals surface area contributed by atoms with Gasteiger partial charge in [-0.2, -0.15) is 10.4 Å². The number of carbonyl (C=O) groups is 1. The number of nitrogens with zero attached hydrogens (tertiary/aromatic N) is 4. The Labute approximate surface area is 179 Å². The molecule has 4 heterocycles. The van der Waals surface area contributed by atoms with Crippen LogP contribution in [0, 0.1) is 17.2 Å². The van der Waals surface area contributed by atoms with Gasteiger partial charge in [-0.25, -0.2) is 9.50 Å². The molecule has 4 atom stereocenters. The summed E-state index contributed by atoms with van der Waals surface area (Å²) in [6.07, 6.45) is 3.03. The van der Waals surface area contributed by atoms with Crippen molar-refractivity contribution in [1.82, 2.24) is 14.6 Å². The van der Waals surface area contributed by atoms with Crippen LogP contribution in [0.15, 0.2) is 18.5 Å². The second-order valence-electron chi connectivity index (χ2n) is 8.85. The summed E-state index contributed by atoms with van der Waals surface area (Å²) in [4.78, 5) is 16.5. The summed E-state index contributed by atoms with van der Waals surface area (Å²) in [6, 6.07) is 5.82. The average Bonchev–Trinajstić information content (AvgIpc) is 3.50. The molecule has 0 unspecified atom stereocenters. The Balaban J connectivity index is 1.47. The lowest BCUT2D eigenvalue weighted by Gasteiger charge is -2.29. The smallest absolute Gasteiger partial charge is 0.309 e. The Morgan fingerprint density at radius 1 is 1.32 bits per heavy atom. The molecule has 2 aliphatic heterocycles. The van der Waals surface area contributed by atoms with Crippen molar-refractivity contribution in [3.8, 4) is 6.07 Å². The van der Waals surface area contributed by atoms with E-state index < -0.39 is 29.7 Å². The molecular formula is C21H25N5O5. The zero-order valence-electron chi connectivity index (χ0n) is 17.5. The van der Waals surface area contributed by atoms with E-state index >= 15 is 0 Å². The number of anilines is 1. The fourth-order valence-corrected chi connectivity index (χ4v) is 4.85. The maximum atomic E-state index is 12.5. The quantitative estimate of drug-likeness (QED) is 0.726. The summed E-state index contributed by atoms with van der Waals surface area (Å²) in [7, 11) is 0. The summed E-state index contributed by atoms with van der Waals surface area (Å²) in [5, 5.41) is 14.4. The minimum absolute atomic E-state index is 0.116. The topological polar surface area (TPSA) is 134 Å². The molecule has 3 aliphatic rings. The zero-order valence-corrected chi connectivity index (χ0v) is 17.5. The number of nitriles is 1. The van der Waals surface area contributed by atoms with Gasteiger partial charge in [0.2, 0.25) is 5.60 Å². The molecule has 0 spiro atoms. The van der Waals surface area contributed by atoms with Crippen LogP contribution in [0.4, 0.5) is 5.82 Å². The van der Waals surface area contributed by atoms with Crippen molar-refractivity contribution in [2.24, 2.45) is 5.92 Å². The molecule has 0 bridgehead atoms. The Morgan fingerprint density at radius 3 is 2.84 bits per heavy atom. The molecule has 164 valence electrons. The van der Waals surface area contributed by atoms with Gasteiger partial charge in [-0.3, -0.25) is 4.79 Å². The number of esters is 1. The third-order valence-electron chi connectivity index (χ3n) is 6.33. The van der Waals surface area contributed by atoms with E-state index in [2.05, 4.69) is 16.2 Å². The van der Waals surface area contributed by atoms with Crippen LogP contribution in [0.1, 0.15) is 51.3 Å². The van der Waals surface area contributed by atoms with E-state index in [1.165, 1.54) is 6.33 Å². The van der Waals surface area contributed by atoms with E-state index in [1.54, 1.807) is 24.4 Å². The second-order valence-corrected chi connectivity index (χ2v) is 8.85. The van der Waals surface area contributed by atoms with Crippen molar-refractivity contribution < 1.29 is 23.7 Å². The average molecular weight is 427 g/mol. The lowest BCUT2D eigenvalue weighted by atomic mass is 9.96. The van der Waals surface area contributed by atoms with Crippen molar-refractivity contribution in [1.29, 1.82) is 5.26 Å². The van der Waals surface area contributed by atoms with E-state index in [0.29, 0.717) is 17.0 Å². The van der Waals surface area contributed by atoms with Crippen molar-refractivity contribution >= 4 is 17.3 Å².